The highest BCUT2D eigenvalue weighted by Gasteiger charge is 2.41. The fourth-order valence-electron chi connectivity index (χ4n) is 2.21. The molecule has 0 radical (unpaired) electrons. The van der Waals surface area contributed by atoms with Crippen LogP contribution >= 0.6 is 0 Å². The molecule has 0 aromatic carbocycles. The average molecular weight is 210 g/mol. The summed E-state index contributed by atoms with van der Waals surface area (Å²) in [7, 11) is 1.46. The number of allylic oxidation sites excluding steroid dienone is 1. The van der Waals surface area contributed by atoms with E-state index in [9.17, 15) is 4.79 Å². The molecule has 0 saturated heterocycles. The second-order valence-corrected chi connectivity index (χ2v) is 4.33. The van der Waals surface area contributed by atoms with E-state index < -0.39 is 0 Å². The number of hydrogen-bond acceptors (Lipinski definition) is 2. The average Bonchev–Trinajstić information content (AvgIpc) is 2.99. The summed E-state index contributed by atoms with van der Waals surface area (Å²) in [4.78, 5) is 11.4. The Balaban J connectivity index is 2.32. The van der Waals surface area contributed by atoms with Crippen molar-refractivity contribution >= 4 is 5.97 Å². The Hall–Kier alpha value is -0.790. The van der Waals surface area contributed by atoms with Crippen molar-refractivity contribution in [3.05, 3.63) is 11.6 Å². The lowest BCUT2D eigenvalue weighted by Gasteiger charge is -2.03. The van der Waals surface area contributed by atoms with E-state index in [1.807, 2.05) is 13.0 Å². The van der Waals surface area contributed by atoms with Crippen LogP contribution in [0.25, 0.3) is 0 Å². The van der Waals surface area contributed by atoms with E-state index in [0.717, 1.165) is 11.5 Å². The molecule has 1 aliphatic rings. The molecule has 2 atom stereocenters. The van der Waals surface area contributed by atoms with E-state index in [1.54, 1.807) is 0 Å². The minimum absolute atomic E-state index is 0.138. The standard InChI is InChI=1S/C13H22O2/c1-4-6-7-8-10-9-12(10)11(5-2)13(14)15-3/h5,10,12H,4,6-9H2,1-3H3/b11-5+/t10-,12-/m1/s1. The van der Waals surface area contributed by atoms with Crippen LogP contribution in [0, 0.1) is 11.8 Å². The minimum Gasteiger partial charge on any atom is -0.466 e. The summed E-state index contributed by atoms with van der Waals surface area (Å²) in [6, 6.07) is 0. The molecule has 1 aliphatic carbocycles. The van der Waals surface area contributed by atoms with Crippen molar-refractivity contribution < 1.29 is 9.53 Å². The van der Waals surface area contributed by atoms with Gasteiger partial charge in [0.15, 0.2) is 0 Å². The first-order chi connectivity index (χ1) is 7.24. The number of hydrogen-bond donors (Lipinski definition) is 0. The summed E-state index contributed by atoms with van der Waals surface area (Å²) < 4.78 is 4.77. The molecule has 0 aromatic heterocycles. The van der Waals surface area contributed by atoms with E-state index in [0.29, 0.717) is 5.92 Å². The highest BCUT2D eigenvalue weighted by Crippen LogP contribution is 2.47. The molecule has 86 valence electrons. The summed E-state index contributed by atoms with van der Waals surface area (Å²) in [5.74, 6) is 1.08. The van der Waals surface area contributed by atoms with Crippen molar-refractivity contribution in [1.82, 2.24) is 0 Å². The van der Waals surface area contributed by atoms with Gasteiger partial charge in [0.1, 0.15) is 0 Å². The number of carbonyl (C=O) groups excluding carboxylic acids is 1. The van der Waals surface area contributed by atoms with Crippen LogP contribution in [0.4, 0.5) is 0 Å². The number of esters is 1. The molecule has 0 spiro atoms. The normalized spacial score (nSPS) is 25.1. The van der Waals surface area contributed by atoms with Gasteiger partial charge in [-0.1, -0.05) is 32.3 Å². The Kier molecular flexibility index (Phi) is 4.86. The summed E-state index contributed by atoms with van der Waals surface area (Å²) in [6.45, 7) is 4.14. The van der Waals surface area contributed by atoms with Crippen LogP contribution < -0.4 is 0 Å². The van der Waals surface area contributed by atoms with Crippen molar-refractivity contribution in [2.45, 2.75) is 46.0 Å². The molecule has 0 bridgehead atoms. The number of rotatable bonds is 6. The molecule has 0 N–H and O–H groups in total. The molecule has 1 rings (SSSR count). The van der Waals surface area contributed by atoms with E-state index in [-0.39, 0.29) is 5.97 Å². The highest BCUT2D eigenvalue weighted by molar-refractivity contribution is 5.89. The predicted octanol–water partition coefficient (Wildman–Crippen LogP) is 3.32. The molecule has 0 aliphatic heterocycles. The van der Waals surface area contributed by atoms with E-state index in [1.165, 1.54) is 39.2 Å². The summed E-state index contributed by atoms with van der Waals surface area (Å²) in [5.41, 5.74) is 0.888. The second kappa shape index (κ2) is 5.94. The quantitative estimate of drug-likeness (QED) is 0.382. The molecule has 0 unspecified atom stereocenters. The molecule has 0 heterocycles. The first-order valence-corrected chi connectivity index (χ1v) is 5.99. The molecule has 0 aromatic rings. The van der Waals surface area contributed by atoms with Crippen molar-refractivity contribution in [2.24, 2.45) is 11.8 Å². The summed E-state index contributed by atoms with van der Waals surface area (Å²) >= 11 is 0. The molecule has 2 nitrogen and oxygen atoms in total. The number of ether oxygens (including phenoxy) is 1. The molecule has 2 heteroatoms. The van der Waals surface area contributed by atoms with Crippen LogP contribution in [0.3, 0.4) is 0 Å². The largest absolute Gasteiger partial charge is 0.466 e. The summed E-state index contributed by atoms with van der Waals surface area (Å²) in [6.07, 6.45) is 8.25. The monoisotopic (exact) mass is 210 g/mol. The Morgan fingerprint density at radius 3 is 2.73 bits per heavy atom. The van der Waals surface area contributed by atoms with Gasteiger partial charge in [0.05, 0.1) is 7.11 Å². The third-order valence-corrected chi connectivity index (χ3v) is 3.23. The van der Waals surface area contributed by atoms with E-state index >= 15 is 0 Å². The van der Waals surface area contributed by atoms with Crippen molar-refractivity contribution in [3.63, 3.8) is 0 Å². The molecule has 15 heavy (non-hydrogen) atoms. The maximum Gasteiger partial charge on any atom is 0.333 e. The fraction of sp³-hybridized carbons (Fsp3) is 0.769. The zero-order valence-electron chi connectivity index (χ0n) is 10.1. The lowest BCUT2D eigenvalue weighted by atomic mass is 10.1. The molecule has 1 fully saturated rings. The number of carbonyl (C=O) groups is 1. The van der Waals surface area contributed by atoms with E-state index in [4.69, 9.17) is 4.74 Å². The van der Waals surface area contributed by atoms with Gasteiger partial charge in [0.25, 0.3) is 0 Å². The first kappa shape index (κ1) is 12.3. The number of methoxy groups -OCH3 is 1. The molecule has 1 saturated carbocycles. The number of unbranched alkanes of at least 4 members (excludes halogenated alkanes) is 2. The maximum absolute atomic E-state index is 11.4. The van der Waals surface area contributed by atoms with Crippen LogP contribution in [0.5, 0.6) is 0 Å². The molecular formula is C13H22O2. The van der Waals surface area contributed by atoms with Gasteiger partial charge >= 0.3 is 5.97 Å². The Morgan fingerprint density at radius 2 is 2.20 bits per heavy atom. The van der Waals surface area contributed by atoms with Gasteiger partial charge in [-0.15, -0.1) is 0 Å². The highest BCUT2D eigenvalue weighted by atomic mass is 16.5. The third-order valence-electron chi connectivity index (χ3n) is 3.23. The zero-order valence-corrected chi connectivity index (χ0v) is 10.1. The summed E-state index contributed by atoms with van der Waals surface area (Å²) in [5, 5.41) is 0. The Labute approximate surface area is 92.7 Å². The first-order valence-electron chi connectivity index (χ1n) is 5.99. The Morgan fingerprint density at radius 1 is 1.47 bits per heavy atom. The van der Waals surface area contributed by atoms with E-state index in [2.05, 4.69) is 6.92 Å². The SMILES string of the molecule is C/C=C(/C(=O)OC)[C@@H]1C[C@H]1CCCCC. The predicted molar refractivity (Wildman–Crippen MR) is 61.5 cm³/mol. The van der Waals surface area contributed by atoms with Crippen molar-refractivity contribution in [1.29, 1.82) is 0 Å². The maximum atomic E-state index is 11.4. The topological polar surface area (TPSA) is 26.3 Å². The van der Waals surface area contributed by atoms with Crippen molar-refractivity contribution in [3.8, 4) is 0 Å². The second-order valence-electron chi connectivity index (χ2n) is 4.33. The Bertz CT molecular complexity index is 243. The van der Waals surface area contributed by atoms with Crippen LogP contribution in [0.2, 0.25) is 0 Å². The molecule has 0 amide bonds. The minimum atomic E-state index is -0.138. The van der Waals surface area contributed by atoms with Crippen LogP contribution in [0.1, 0.15) is 46.0 Å². The van der Waals surface area contributed by atoms with Crippen molar-refractivity contribution in [2.75, 3.05) is 7.11 Å². The lowest BCUT2D eigenvalue weighted by Crippen LogP contribution is -2.07. The molecular weight excluding hydrogens is 188 g/mol. The third kappa shape index (κ3) is 3.37. The van der Waals surface area contributed by atoms with Gasteiger partial charge in [0, 0.05) is 5.57 Å². The van der Waals surface area contributed by atoms with Gasteiger partial charge in [-0.05, 0) is 31.6 Å². The van der Waals surface area contributed by atoms with Gasteiger partial charge in [-0.25, -0.2) is 4.79 Å². The lowest BCUT2D eigenvalue weighted by molar-refractivity contribution is -0.136. The van der Waals surface area contributed by atoms with Gasteiger partial charge in [-0.3, -0.25) is 0 Å². The van der Waals surface area contributed by atoms with Gasteiger partial charge in [-0.2, -0.15) is 0 Å². The fourth-order valence-corrected chi connectivity index (χ4v) is 2.21. The van der Waals surface area contributed by atoms with Crippen LogP contribution in [0.15, 0.2) is 11.6 Å². The smallest absolute Gasteiger partial charge is 0.333 e. The van der Waals surface area contributed by atoms with Crippen LogP contribution in [-0.2, 0) is 9.53 Å². The van der Waals surface area contributed by atoms with Gasteiger partial charge in [0.2, 0.25) is 0 Å². The zero-order chi connectivity index (χ0) is 11.3. The van der Waals surface area contributed by atoms with Gasteiger partial charge < -0.3 is 4.74 Å². The van der Waals surface area contributed by atoms with Crippen LogP contribution in [-0.4, -0.2) is 13.1 Å².